The summed E-state index contributed by atoms with van der Waals surface area (Å²) in [5.41, 5.74) is -13.4. The number of esters is 1. The Labute approximate surface area is 364 Å². The Bertz CT molecular complexity index is 2370. The van der Waals surface area contributed by atoms with Gasteiger partial charge in [-0.05, 0) is 26.0 Å². The first-order chi connectivity index (χ1) is 31.2. The highest BCUT2D eigenvalue weighted by Gasteiger charge is 2.52. The maximum atomic E-state index is 15.4. The van der Waals surface area contributed by atoms with E-state index in [0.29, 0.717) is 28.4 Å². The number of carbonyl (C=O) groups excluding carboxylic acids is 2. The van der Waals surface area contributed by atoms with Gasteiger partial charge in [-0.15, -0.1) is 21.9 Å². The number of ether oxygens (including phenoxy) is 1. The molecule has 0 saturated carbocycles. The maximum Gasteiger partial charge on any atom is 0.338 e. The normalized spacial score (nSPS) is 11.7. The van der Waals surface area contributed by atoms with E-state index >= 15 is 35.1 Å². The van der Waals surface area contributed by atoms with E-state index < -0.39 is 150 Å². The van der Waals surface area contributed by atoms with Gasteiger partial charge >= 0.3 is 5.97 Å². The number of Topliss-reactive ketones (excluding diaryl/α,β-unsaturated/α-hetero) is 1. The molecule has 5 nitrogen and oxygen atoms in total. The molecule has 0 saturated heterocycles. The van der Waals surface area contributed by atoms with Gasteiger partial charge in [-0.3, -0.25) is 4.79 Å². The minimum atomic E-state index is -7.22. The molecule has 0 fully saturated rings. The van der Waals surface area contributed by atoms with Crippen LogP contribution in [0.15, 0.2) is 24.3 Å². The molecule has 0 aromatic heterocycles. The average Bonchev–Trinajstić information content (AvgIpc) is 3.29. The Balaban J connectivity index is 0.000000374. The molecule has 0 spiro atoms. The van der Waals surface area contributed by atoms with Crippen molar-refractivity contribution in [1.29, 1.82) is 0 Å². The number of carbonyl (C=O) groups is 2. The zero-order valence-corrected chi connectivity index (χ0v) is 33.9. The van der Waals surface area contributed by atoms with Crippen molar-refractivity contribution in [2.24, 2.45) is 0 Å². The van der Waals surface area contributed by atoms with Gasteiger partial charge in [0.15, 0.2) is 75.6 Å². The third kappa shape index (κ3) is 9.53. The van der Waals surface area contributed by atoms with E-state index in [1.165, 1.54) is 0 Å². The fraction of sp³-hybridized carbons (Fsp3) is 0.200. The summed E-state index contributed by atoms with van der Waals surface area (Å²) in [4.78, 5) is 23.9. The molecule has 67 heavy (non-hydrogen) atoms. The van der Waals surface area contributed by atoms with E-state index in [9.17, 15) is 62.3 Å². The first kappa shape index (κ1) is 53.8. The second kappa shape index (κ2) is 21.0. The number of benzene rings is 5. The van der Waals surface area contributed by atoms with Crippen LogP contribution in [0.3, 0.4) is 0 Å². The van der Waals surface area contributed by atoms with Gasteiger partial charge in [0, 0.05) is 16.5 Å². The van der Waals surface area contributed by atoms with Crippen LogP contribution in [0.5, 0.6) is 0 Å². The molecule has 2 N–H and O–H groups in total. The Hall–Kier alpha value is -5.83. The van der Waals surface area contributed by atoms with Crippen molar-refractivity contribution >= 4 is 50.6 Å². The molecule has 5 aromatic rings. The fourth-order valence-electron chi connectivity index (χ4n) is 6.72. The molecule has 0 unspecified atom stereocenters. The number of aliphatic hydroxyl groups is 2. The molecular weight excluding hydrogens is 983 g/mol. The van der Waals surface area contributed by atoms with Gasteiger partial charge in [0.2, 0.25) is 5.78 Å². The first-order valence-corrected chi connectivity index (χ1v) is 19.8. The quantitative estimate of drug-likeness (QED) is 0.0256. The summed E-state index contributed by atoms with van der Waals surface area (Å²) in [7, 11) is -0.318. The summed E-state index contributed by atoms with van der Waals surface area (Å²) in [6.07, 6.45) is -7.40. The number of hydrogen-bond donors (Lipinski definition) is 2. The third-order valence-electron chi connectivity index (χ3n) is 9.59. The van der Waals surface area contributed by atoms with E-state index in [0.717, 1.165) is 0 Å². The van der Waals surface area contributed by atoms with Crippen molar-refractivity contribution in [3.63, 3.8) is 0 Å². The molecule has 0 aliphatic rings. The van der Waals surface area contributed by atoms with Crippen LogP contribution in [-0.2, 0) is 15.6 Å². The van der Waals surface area contributed by atoms with Crippen LogP contribution in [0, 0.1) is 116 Å². The minimum absolute atomic E-state index is 0.0103. The second-order valence-corrected chi connectivity index (χ2v) is 16.2. The standard InChI is InChI=1S/C24BF20.C16H23O5S/c26-5-1(6(27)14(35)21(42)13(5)34)25(2-7(28)15(36)22(43)16(37)8(2)29,3-9(30)17(38)23(44)18(39)10(3)31)4-11(32)19(40)24(45)20(41)12(4)33;1-12(2)21-16(20)14-5-3-13(4-6-14)15(19)11-22(9-7-17)10-8-18/h;3-6,12,17-18H,7-11H2,1-2H3/q-1;+1. The molecule has 0 amide bonds. The van der Waals surface area contributed by atoms with E-state index in [4.69, 9.17) is 14.9 Å². The summed E-state index contributed by atoms with van der Waals surface area (Å²) >= 11 is 0. The summed E-state index contributed by atoms with van der Waals surface area (Å²) < 4.78 is 299. The van der Waals surface area contributed by atoms with E-state index in [1.807, 2.05) is 0 Å². The fourth-order valence-corrected chi connectivity index (χ4v) is 8.27. The highest BCUT2D eigenvalue weighted by molar-refractivity contribution is 7.97. The highest BCUT2D eigenvalue weighted by atomic mass is 32.2. The van der Waals surface area contributed by atoms with E-state index in [1.54, 1.807) is 38.1 Å². The summed E-state index contributed by atoms with van der Waals surface area (Å²) in [6.45, 7) is 3.57. The van der Waals surface area contributed by atoms with Crippen LogP contribution in [0.25, 0.3) is 0 Å². The maximum absolute atomic E-state index is 15.4. The van der Waals surface area contributed by atoms with Crippen LogP contribution in [0.4, 0.5) is 87.8 Å². The number of halogens is 20. The Morgan fingerprint density at radius 3 is 0.881 bits per heavy atom. The zero-order chi connectivity index (χ0) is 50.9. The van der Waals surface area contributed by atoms with Gasteiger partial charge in [0.1, 0.15) is 64.2 Å². The van der Waals surface area contributed by atoms with Crippen molar-refractivity contribution in [1.82, 2.24) is 0 Å². The molecule has 0 bridgehead atoms. The van der Waals surface area contributed by atoms with Crippen LogP contribution in [0.1, 0.15) is 34.6 Å². The molecule has 0 atom stereocenters. The number of hydrogen-bond acceptors (Lipinski definition) is 5. The third-order valence-corrected chi connectivity index (χ3v) is 11.8. The molecule has 27 heteroatoms. The van der Waals surface area contributed by atoms with E-state index in [2.05, 4.69) is 0 Å². The Morgan fingerprint density at radius 1 is 0.433 bits per heavy atom. The second-order valence-electron chi connectivity index (χ2n) is 13.9. The lowest BCUT2D eigenvalue weighted by Gasteiger charge is -2.44. The number of aliphatic hydroxyl groups excluding tert-OH is 2. The number of rotatable bonds is 13. The Kier molecular flexibility index (Phi) is 16.9. The first-order valence-electron chi connectivity index (χ1n) is 18.1. The summed E-state index contributed by atoms with van der Waals surface area (Å²) in [5, 5.41) is 18.0. The molecule has 0 radical (unpaired) electrons. The van der Waals surface area contributed by atoms with Crippen LogP contribution in [-0.4, -0.2) is 64.7 Å². The van der Waals surface area contributed by atoms with Gasteiger partial charge in [0.05, 0.1) is 24.9 Å². The van der Waals surface area contributed by atoms with Crippen LogP contribution >= 0.6 is 0 Å². The lowest BCUT2D eigenvalue weighted by Crippen LogP contribution is -2.81. The van der Waals surface area contributed by atoms with Gasteiger partial charge in [-0.2, -0.15) is 0 Å². The van der Waals surface area contributed by atoms with Crippen LogP contribution < -0.4 is 21.9 Å². The molecule has 5 aromatic carbocycles. The summed E-state index contributed by atoms with van der Waals surface area (Å²) in [6, 6.07) is 6.37. The molecule has 362 valence electrons. The summed E-state index contributed by atoms with van der Waals surface area (Å²) in [5.74, 6) is -70.5. The molecular formula is C40H23BF20O5S. The van der Waals surface area contributed by atoms with Gasteiger partial charge in [0.25, 0.3) is 0 Å². The van der Waals surface area contributed by atoms with Crippen molar-refractivity contribution < 1.29 is 112 Å². The van der Waals surface area contributed by atoms with Crippen molar-refractivity contribution in [2.75, 3.05) is 30.5 Å². The molecule has 0 aliphatic heterocycles. The van der Waals surface area contributed by atoms with Crippen LogP contribution in [0.2, 0.25) is 0 Å². The number of ketones is 1. The largest absolute Gasteiger partial charge is 0.459 e. The molecule has 0 aliphatic carbocycles. The lowest BCUT2D eigenvalue weighted by atomic mass is 9.12. The highest BCUT2D eigenvalue weighted by Crippen LogP contribution is 2.31. The van der Waals surface area contributed by atoms with Crippen molar-refractivity contribution in [3.8, 4) is 0 Å². The van der Waals surface area contributed by atoms with E-state index in [-0.39, 0.29) is 36.0 Å². The SMILES string of the molecule is CC(C)OC(=O)c1ccc(C(=O)C[S+](CCO)CCO)cc1.Fc1c(F)c(F)c([B-](c2c(F)c(F)c(F)c(F)c2F)(c2c(F)c(F)c(F)c(F)c2F)c2c(F)c(F)c(F)c(F)c2F)c(F)c1F. The molecule has 0 heterocycles. The zero-order valence-electron chi connectivity index (χ0n) is 33.1. The monoisotopic (exact) mass is 1010 g/mol. The van der Waals surface area contributed by atoms with Gasteiger partial charge in [-0.1, -0.05) is 12.1 Å². The average molecular weight is 1010 g/mol. The predicted octanol–water partition coefficient (Wildman–Crippen LogP) is 6.88. The predicted molar refractivity (Wildman–Crippen MR) is 197 cm³/mol. The van der Waals surface area contributed by atoms with Crippen molar-refractivity contribution in [3.05, 3.63) is 152 Å². The topological polar surface area (TPSA) is 83.8 Å². The van der Waals surface area contributed by atoms with Gasteiger partial charge < -0.3 is 14.9 Å². The van der Waals surface area contributed by atoms with Crippen molar-refractivity contribution in [2.45, 2.75) is 20.0 Å². The smallest absolute Gasteiger partial charge is 0.338 e. The van der Waals surface area contributed by atoms with Gasteiger partial charge in [-0.25, -0.2) is 92.6 Å². The Morgan fingerprint density at radius 2 is 0.657 bits per heavy atom. The molecule has 5 rings (SSSR count). The minimum Gasteiger partial charge on any atom is -0.459 e. The lowest BCUT2D eigenvalue weighted by molar-refractivity contribution is 0.0377.